The van der Waals surface area contributed by atoms with Crippen molar-refractivity contribution in [1.29, 1.82) is 0 Å². The molecule has 8 nitrogen and oxygen atoms in total. The van der Waals surface area contributed by atoms with Gasteiger partial charge in [-0.05, 0) is 18.1 Å². The summed E-state index contributed by atoms with van der Waals surface area (Å²) in [6.07, 6.45) is 2.41. The van der Waals surface area contributed by atoms with Crippen molar-refractivity contribution in [3.8, 4) is 11.4 Å². The Hall–Kier alpha value is -1.72. The highest BCUT2D eigenvalue weighted by atomic mass is 127. The summed E-state index contributed by atoms with van der Waals surface area (Å²) in [5.74, 6) is 1.53. The molecule has 0 bridgehead atoms. The van der Waals surface area contributed by atoms with E-state index in [-0.39, 0.29) is 24.0 Å². The summed E-state index contributed by atoms with van der Waals surface area (Å²) >= 11 is 0. The highest BCUT2D eigenvalue weighted by Crippen LogP contribution is 2.15. The van der Waals surface area contributed by atoms with Crippen molar-refractivity contribution < 1.29 is 9.47 Å². The Balaban J connectivity index is 0.00000338. The van der Waals surface area contributed by atoms with Gasteiger partial charge in [-0.15, -0.1) is 24.0 Å². The summed E-state index contributed by atoms with van der Waals surface area (Å²) in [5.41, 5.74) is 2.15. The number of aliphatic imine (C=N–C) groups is 1. The first kappa shape index (κ1) is 22.3. The fourth-order valence-electron chi connectivity index (χ4n) is 2.20. The number of H-pyrrole nitrogens is 1. The maximum Gasteiger partial charge on any atom is 0.191 e. The Morgan fingerprint density at radius 3 is 2.85 bits per heavy atom. The van der Waals surface area contributed by atoms with Crippen molar-refractivity contribution in [3.05, 3.63) is 36.2 Å². The number of guanidine groups is 1. The fraction of sp³-hybridized carbons (Fsp3) is 0.471. The van der Waals surface area contributed by atoms with E-state index in [0.29, 0.717) is 26.4 Å². The number of nitrogens with zero attached hydrogens (tertiary/aromatic N) is 3. The van der Waals surface area contributed by atoms with E-state index >= 15 is 0 Å². The Kier molecular flexibility index (Phi) is 11.6. The van der Waals surface area contributed by atoms with Crippen LogP contribution in [0.25, 0.3) is 11.4 Å². The number of aromatic amines is 1. The van der Waals surface area contributed by atoms with E-state index in [1.807, 2.05) is 12.1 Å². The molecular formula is C17H27IN6O2. The fourth-order valence-corrected chi connectivity index (χ4v) is 2.20. The van der Waals surface area contributed by atoms with Crippen LogP contribution >= 0.6 is 24.0 Å². The van der Waals surface area contributed by atoms with E-state index in [1.54, 1.807) is 14.2 Å². The third-order valence-corrected chi connectivity index (χ3v) is 3.49. The molecule has 0 amide bonds. The van der Waals surface area contributed by atoms with Crippen LogP contribution in [0.15, 0.2) is 35.6 Å². The summed E-state index contributed by atoms with van der Waals surface area (Å²) in [4.78, 5) is 8.40. The highest BCUT2D eigenvalue weighted by Gasteiger charge is 2.03. The number of benzene rings is 1. The van der Waals surface area contributed by atoms with E-state index in [0.717, 1.165) is 35.9 Å². The molecule has 2 aromatic rings. The maximum atomic E-state index is 5.43. The van der Waals surface area contributed by atoms with Gasteiger partial charge in [0.1, 0.15) is 6.33 Å². The Bertz CT molecular complexity index is 636. The second kappa shape index (κ2) is 13.5. The molecule has 0 aliphatic heterocycles. The van der Waals surface area contributed by atoms with Gasteiger partial charge in [0.15, 0.2) is 11.8 Å². The normalized spacial score (nSPS) is 11.1. The zero-order chi connectivity index (χ0) is 17.7. The van der Waals surface area contributed by atoms with Crippen molar-refractivity contribution in [1.82, 2.24) is 25.8 Å². The number of ether oxygens (including phenoxy) is 2. The minimum atomic E-state index is 0. The molecule has 2 rings (SSSR count). The number of nitrogens with one attached hydrogen (secondary N) is 3. The molecule has 144 valence electrons. The van der Waals surface area contributed by atoms with Crippen LogP contribution in [0.1, 0.15) is 12.0 Å². The van der Waals surface area contributed by atoms with E-state index < -0.39 is 0 Å². The molecule has 0 aliphatic rings. The summed E-state index contributed by atoms with van der Waals surface area (Å²) in [7, 11) is 3.43. The molecular weight excluding hydrogens is 447 g/mol. The van der Waals surface area contributed by atoms with Gasteiger partial charge in [0.25, 0.3) is 0 Å². The molecule has 9 heteroatoms. The van der Waals surface area contributed by atoms with Crippen LogP contribution in [0, 0.1) is 0 Å². The predicted molar refractivity (Wildman–Crippen MR) is 113 cm³/mol. The third-order valence-electron chi connectivity index (χ3n) is 3.49. The average Bonchev–Trinajstić information content (AvgIpc) is 3.18. The zero-order valence-corrected chi connectivity index (χ0v) is 17.5. The molecule has 0 saturated carbocycles. The standard InChI is InChI=1S/C17H26N6O2.HI/c1-18-17(19-7-4-8-25-10-9-24-2)20-12-14-5-3-6-15(11-14)16-21-13-22-23-16;/h3,5-6,11,13H,4,7-10,12H2,1-2H3,(H2,18,19,20)(H,21,22,23);1H. The van der Waals surface area contributed by atoms with E-state index in [2.05, 4.69) is 42.9 Å². The minimum Gasteiger partial charge on any atom is -0.382 e. The van der Waals surface area contributed by atoms with Crippen LogP contribution in [0.4, 0.5) is 0 Å². The van der Waals surface area contributed by atoms with Gasteiger partial charge < -0.3 is 20.1 Å². The predicted octanol–water partition coefficient (Wildman–Crippen LogP) is 1.81. The molecule has 0 saturated heterocycles. The zero-order valence-electron chi connectivity index (χ0n) is 15.2. The SMILES string of the molecule is CN=C(NCCCOCCOC)NCc1cccc(-c2ncn[nH]2)c1.I. The maximum absolute atomic E-state index is 5.43. The van der Waals surface area contributed by atoms with Gasteiger partial charge in [0, 0.05) is 39.4 Å². The van der Waals surface area contributed by atoms with Gasteiger partial charge in [0.05, 0.1) is 13.2 Å². The lowest BCUT2D eigenvalue weighted by molar-refractivity contribution is 0.0698. The summed E-state index contributed by atoms with van der Waals surface area (Å²) in [6.45, 7) is 3.43. The molecule has 1 heterocycles. The van der Waals surface area contributed by atoms with Gasteiger partial charge in [-0.2, -0.15) is 5.10 Å². The monoisotopic (exact) mass is 474 g/mol. The molecule has 1 aromatic heterocycles. The summed E-state index contributed by atoms with van der Waals surface area (Å²) in [5, 5.41) is 13.3. The van der Waals surface area contributed by atoms with Gasteiger partial charge in [-0.1, -0.05) is 18.2 Å². The lowest BCUT2D eigenvalue weighted by Gasteiger charge is -2.12. The topological polar surface area (TPSA) is 96.5 Å². The first-order valence-corrected chi connectivity index (χ1v) is 8.29. The van der Waals surface area contributed by atoms with E-state index in [9.17, 15) is 0 Å². The molecule has 3 N–H and O–H groups in total. The van der Waals surface area contributed by atoms with Crippen LogP contribution < -0.4 is 10.6 Å². The second-order valence-electron chi connectivity index (χ2n) is 5.35. The van der Waals surface area contributed by atoms with E-state index in [1.165, 1.54) is 6.33 Å². The average molecular weight is 474 g/mol. The van der Waals surface area contributed by atoms with Gasteiger partial charge in [-0.25, -0.2) is 4.98 Å². The molecule has 26 heavy (non-hydrogen) atoms. The number of halogens is 1. The van der Waals surface area contributed by atoms with Crippen molar-refractivity contribution in [3.63, 3.8) is 0 Å². The van der Waals surface area contributed by atoms with Crippen LogP contribution in [0.2, 0.25) is 0 Å². The first-order valence-electron chi connectivity index (χ1n) is 8.29. The highest BCUT2D eigenvalue weighted by molar-refractivity contribution is 14.0. The molecule has 0 aliphatic carbocycles. The van der Waals surface area contributed by atoms with Gasteiger partial charge >= 0.3 is 0 Å². The Morgan fingerprint density at radius 1 is 1.23 bits per heavy atom. The Morgan fingerprint density at radius 2 is 2.12 bits per heavy atom. The van der Waals surface area contributed by atoms with Crippen LogP contribution in [0.3, 0.4) is 0 Å². The van der Waals surface area contributed by atoms with Gasteiger partial charge in [0.2, 0.25) is 0 Å². The molecule has 0 radical (unpaired) electrons. The first-order chi connectivity index (χ1) is 12.3. The molecule has 0 atom stereocenters. The van der Waals surface area contributed by atoms with Gasteiger partial charge in [-0.3, -0.25) is 10.1 Å². The van der Waals surface area contributed by atoms with Crippen LogP contribution in [-0.4, -0.2) is 61.7 Å². The summed E-state index contributed by atoms with van der Waals surface area (Å²) in [6, 6.07) is 8.14. The quantitative estimate of drug-likeness (QED) is 0.211. The number of methoxy groups -OCH3 is 1. The van der Waals surface area contributed by atoms with Crippen molar-refractivity contribution in [2.24, 2.45) is 4.99 Å². The lowest BCUT2D eigenvalue weighted by atomic mass is 10.1. The molecule has 0 unspecified atom stereocenters. The van der Waals surface area contributed by atoms with Crippen LogP contribution in [0.5, 0.6) is 0 Å². The number of hydrogen-bond acceptors (Lipinski definition) is 5. The number of aromatic nitrogens is 3. The second-order valence-corrected chi connectivity index (χ2v) is 5.35. The van der Waals surface area contributed by atoms with Crippen LogP contribution in [-0.2, 0) is 16.0 Å². The smallest absolute Gasteiger partial charge is 0.191 e. The van der Waals surface area contributed by atoms with E-state index in [4.69, 9.17) is 9.47 Å². The molecule has 1 aromatic carbocycles. The third kappa shape index (κ3) is 8.11. The van der Waals surface area contributed by atoms with Crippen molar-refractivity contribution in [2.45, 2.75) is 13.0 Å². The number of rotatable bonds is 10. The lowest BCUT2D eigenvalue weighted by Crippen LogP contribution is -2.37. The molecule has 0 spiro atoms. The summed E-state index contributed by atoms with van der Waals surface area (Å²) < 4.78 is 10.4. The molecule has 0 fully saturated rings. The number of hydrogen-bond donors (Lipinski definition) is 3. The van der Waals surface area contributed by atoms with Crippen molar-refractivity contribution >= 4 is 29.9 Å². The van der Waals surface area contributed by atoms with Crippen molar-refractivity contribution in [2.75, 3.05) is 40.5 Å². The largest absolute Gasteiger partial charge is 0.382 e. The minimum absolute atomic E-state index is 0. The Labute approximate surface area is 171 Å².